The molecule has 1 unspecified atom stereocenters. The molecule has 0 heterocycles. The van der Waals surface area contributed by atoms with Crippen molar-refractivity contribution in [3.05, 3.63) is 0 Å². The minimum atomic E-state index is -1.05. The summed E-state index contributed by atoms with van der Waals surface area (Å²) in [5, 5.41) is 9.06. The normalized spacial score (nSPS) is 12.6. The Bertz CT molecular complexity index is 127. The van der Waals surface area contributed by atoms with Crippen LogP contribution in [0.2, 0.25) is 0 Å². The summed E-state index contributed by atoms with van der Waals surface area (Å²) in [6, 6.07) is 0. The molecule has 0 saturated heterocycles. The van der Waals surface area contributed by atoms with E-state index in [2.05, 4.69) is 17.7 Å². The SMILES string of the molecule is CCCCCCC(O)C(=O)ON. The maximum Gasteiger partial charge on any atom is 0.353 e. The summed E-state index contributed by atoms with van der Waals surface area (Å²) in [6.45, 7) is 2.10. The van der Waals surface area contributed by atoms with Gasteiger partial charge in [0, 0.05) is 0 Å². The summed E-state index contributed by atoms with van der Waals surface area (Å²) in [7, 11) is 0. The average molecular weight is 175 g/mol. The molecule has 0 amide bonds. The van der Waals surface area contributed by atoms with Gasteiger partial charge >= 0.3 is 5.97 Å². The van der Waals surface area contributed by atoms with Crippen molar-refractivity contribution < 1.29 is 14.7 Å². The van der Waals surface area contributed by atoms with Crippen LogP contribution in [0.3, 0.4) is 0 Å². The van der Waals surface area contributed by atoms with Gasteiger partial charge in [0.2, 0.25) is 0 Å². The lowest BCUT2D eigenvalue weighted by Crippen LogP contribution is -2.25. The Balaban J connectivity index is 3.31. The zero-order valence-electron chi connectivity index (χ0n) is 7.45. The Labute approximate surface area is 72.7 Å². The van der Waals surface area contributed by atoms with Gasteiger partial charge in [0.25, 0.3) is 0 Å². The van der Waals surface area contributed by atoms with E-state index in [0.717, 1.165) is 25.7 Å². The molecule has 0 aromatic rings. The van der Waals surface area contributed by atoms with Crippen LogP contribution in [0.25, 0.3) is 0 Å². The lowest BCUT2D eigenvalue weighted by Gasteiger charge is -2.06. The third-order valence-corrected chi connectivity index (χ3v) is 1.72. The van der Waals surface area contributed by atoms with E-state index in [1.807, 2.05) is 0 Å². The highest BCUT2D eigenvalue weighted by Crippen LogP contribution is 2.05. The van der Waals surface area contributed by atoms with Crippen molar-refractivity contribution in [2.75, 3.05) is 0 Å². The maximum absolute atomic E-state index is 10.6. The molecule has 0 rings (SSSR count). The number of hydrogen-bond acceptors (Lipinski definition) is 4. The molecule has 0 aliphatic carbocycles. The lowest BCUT2D eigenvalue weighted by atomic mass is 10.1. The van der Waals surface area contributed by atoms with Gasteiger partial charge < -0.3 is 9.94 Å². The zero-order valence-corrected chi connectivity index (χ0v) is 7.45. The van der Waals surface area contributed by atoms with Crippen molar-refractivity contribution in [2.45, 2.75) is 45.1 Å². The standard InChI is InChI=1S/C8H17NO3/c1-2-3-4-5-6-7(10)8(11)12-9/h7,10H,2-6,9H2,1H3. The molecule has 0 radical (unpaired) electrons. The van der Waals surface area contributed by atoms with Crippen LogP contribution < -0.4 is 5.90 Å². The van der Waals surface area contributed by atoms with E-state index in [1.54, 1.807) is 0 Å². The Hall–Kier alpha value is -0.610. The number of carbonyl (C=O) groups is 1. The molecule has 4 nitrogen and oxygen atoms in total. The van der Waals surface area contributed by atoms with Crippen molar-refractivity contribution >= 4 is 5.97 Å². The molecule has 0 spiro atoms. The van der Waals surface area contributed by atoms with E-state index in [1.165, 1.54) is 0 Å². The van der Waals surface area contributed by atoms with Crippen LogP contribution in [0.4, 0.5) is 0 Å². The predicted octanol–water partition coefficient (Wildman–Crippen LogP) is 0.735. The van der Waals surface area contributed by atoms with E-state index in [0.29, 0.717) is 6.42 Å². The first-order valence-corrected chi connectivity index (χ1v) is 4.31. The molecule has 72 valence electrons. The predicted molar refractivity (Wildman–Crippen MR) is 45.0 cm³/mol. The van der Waals surface area contributed by atoms with E-state index in [9.17, 15) is 4.79 Å². The molecule has 0 fully saturated rings. The minimum absolute atomic E-state index is 0.441. The lowest BCUT2D eigenvalue weighted by molar-refractivity contribution is -0.154. The molecule has 0 aliphatic rings. The van der Waals surface area contributed by atoms with Gasteiger partial charge in [0.1, 0.15) is 0 Å². The monoisotopic (exact) mass is 175 g/mol. The van der Waals surface area contributed by atoms with Crippen LogP contribution in [0.5, 0.6) is 0 Å². The summed E-state index contributed by atoms with van der Waals surface area (Å²) < 4.78 is 0. The fourth-order valence-corrected chi connectivity index (χ4v) is 0.961. The first kappa shape index (κ1) is 11.4. The molecule has 0 saturated carbocycles. The van der Waals surface area contributed by atoms with Gasteiger partial charge in [-0.2, -0.15) is 5.90 Å². The van der Waals surface area contributed by atoms with Gasteiger partial charge in [0.15, 0.2) is 6.10 Å². The number of aliphatic hydroxyl groups is 1. The second-order valence-corrected chi connectivity index (χ2v) is 2.80. The van der Waals surface area contributed by atoms with Crippen LogP contribution in [-0.2, 0) is 9.63 Å². The number of hydrogen-bond donors (Lipinski definition) is 2. The number of rotatable bonds is 6. The van der Waals surface area contributed by atoms with Crippen LogP contribution in [0.1, 0.15) is 39.0 Å². The largest absolute Gasteiger partial charge is 0.381 e. The van der Waals surface area contributed by atoms with E-state index in [4.69, 9.17) is 5.11 Å². The first-order chi connectivity index (χ1) is 5.72. The fourth-order valence-electron chi connectivity index (χ4n) is 0.961. The van der Waals surface area contributed by atoms with E-state index in [-0.39, 0.29) is 0 Å². The third-order valence-electron chi connectivity index (χ3n) is 1.72. The molecule has 0 aromatic carbocycles. The number of unbranched alkanes of at least 4 members (excludes halogenated alkanes) is 3. The summed E-state index contributed by atoms with van der Waals surface area (Å²) >= 11 is 0. The van der Waals surface area contributed by atoms with Crippen molar-refractivity contribution in [1.82, 2.24) is 0 Å². The van der Waals surface area contributed by atoms with Crippen molar-refractivity contribution in [1.29, 1.82) is 0 Å². The van der Waals surface area contributed by atoms with E-state index >= 15 is 0 Å². The second kappa shape index (κ2) is 7.06. The first-order valence-electron chi connectivity index (χ1n) is 4.31. The second-order valence-electron chi connectivity index (χ2n) is 2.80. The number of carbonyl (C=O) groups excluding carboxylic acids is 1. The van der Waals surface area contributed by atoms with Gasteiger partial charge in [-0.3, -0.25) is 0 Å². The topological polar surface area (TPSA) is 72.5 Å². The van der Waals surface area contributed by atoms with Gasteiger partial charge in [0.05, 0.1) is 0 Å². The van der Waals surface area contributed by atoms with Crippen molar-refractivity contribution in [2.24, 2.45) is 5.90 Å². The summed E-state index contributed by atoms with van der Waals surface area (Å²) in [6.07, 6.45) is 3.53. The maximum atomic E-state index is 10.6. The van der Waals surface area contributed by atoms with Crippen molar-refractivity contribution in [3.63, 3.8) is 0 Å². The van der Waals surface area contributed by atoms with Gasteiger partial charge in [-0.15, -0.1) is 0 Å². The zero-order chi connectivity index (χ0) is 9.40. The Morgan fingerprint density at radius 3 is 2.67 bits per heavy atom. The molecule has 4 heteroatoms. The summed E-state index contributed by atoms with van der Waals surface area (Å²) in [4.78, 5) is 14.5. The Kier molecular flexibility index (Phi) is 6.70. The molecule has 0 aliphatic heterocycles. The summed E-state index contributed by atoms with van der Waals surface area (Å²) in [5.41, 5.74) is 0. The van der Waals surface area contributed by atoms with Crippen LogP contribution in [0.15, 0.2) is 0 Å². The molecule has 0 bridgehead atoms. The molecule has 1 atom stereocenters. The number of aliphatic hydroxyl groups excluding tert-OH is 1. The minimum Gasteiger partial charge on any atom is -0.381 e. The van der Waals surface area contributed by atoms with Crippen LogP contribution >= 0.6 is 0 Å². The van der Waals surface area contributed by atoms with Crippen molar-refractivity contribution in [3.8, 4) is 0 Å². The number of nitrogens with two attached hydrogens (primary N) is 1. The highest BCUT2D eigenvalue weighted by atomic mass is 16.7. The van der Waals surface area contributed by atoms with Crippen LogP contribution in [-0.4, -0.2) is 17.2 Å². The van der Waals surface area contributed by atoms with Crippen LogP contribution in [0, 0.1) is 0 Å². The van der Waals surface area contributed by atoms with Gasteiger partial charge in [-0.05, 0) is 6.42 Å². The highest BCUT2D eigenvalue weighted by molar-refractivity contribution is 5.73. The molecule has 12 heavy (non-hydrogen) atoms. The molecule has 3 N–H and O–H groups in total. The Morgan fingerprint density at radius 1 is 1.50 bits per heavy atom. The quantitative estimate of drug-likeness (QED) is 0.461. The Morgan fingerprint density at radius 2 is 2.17 bits per heavy atom. The fraction of sp³-hybridized carbons (Fsp3) is 0.875. The molecular formula is C8H17NO3. The van der Waals surface area contributed by atoms with Gasteiger partial charge in [-0.1, -0.05) is 32.6 Å². The third kappa shape index (κ3) is 5.09. The smallest absolute Gasteiger partial charge is 0.353 e. The average Bonchev–Trinajstić information content (AvgIpc) is 2.10. The summed E-state index contributed by atoms with van der Waals surface area (Å²) in [5.74, 6) is 3.85. The van der Waals surface area contributed by atoms with E-state index < -0.39 is 12.1 Å². The van der Waals surface area contributed by atoms with Gasteiger partial charge in [-0.25, -0.2) is 4.79 Å². The molecular weight excluding hydrogens is 158 g/mol. The molecule has 0 aromatic heterocycles. The highest BCUT2D eigenvalue weighted by Gasteiger charge is 2.14.